The van der Waals surface area contributed by atoms with Crippen molar-refractivity contribution in [1.82, 2.24) is 4.57 Å². The summed E-state index contributed by atoms with van der Waals surface area (Å²) in [4.78, 5) is 36.6. The van der Waals surface area contributed by atoms with Crippen molar-refractivity contribution in [2.24, 2.45) is 5.73 Å². The number of amides is 2. The van der Waals surface area contributed by atoms with Gasteiger partial charge in [0.25, 0.3) is 5.56 Å². The molecule has 34 heavy (non-hydrogen) atoms. The lowest BCUT2D eigenvalue weighted by molar-refractivity contribution is -0.143. The number of rotatable bonds is 5. The number of hydrogen-bond donors (Lipinski definition) is 2. The lowest BCUT2D eigenvalue weighted by Gasteiger charge is -2.16. The van der Waals surface area contributed by atoms with Gasteiger partial charge < -0.3 is 15.6 Å². The number of carbonyl (C=O) groups excluding carboxylic acids is 2. The van der Waals surface area contributed by atoms with Gasteiger partial charge in [0, 0.05) is 22.7 Å². The molecule has 0 aliphatic heterocycles. The van der Waals surface area contributed by atoms with Crippen molar-refractivity contribution >= 4 is 28.3 Å². The number of nitrogens with two attached hydrogens (primary N) is 1. The predicted molar refractivity (Wildman–Crippen MR) is 111 cm³/mol. The second-order valence-electron chi connectivity index (χ2n) is 7.47. The highest BCUT2D eigenvalue weighted by Crippen LogP contribution is 2.37. The van der Waals surface area contributed by atoms with Crippen LogP contribution in [-0.2, 0) is 28.4 Å². The molecule has 0 radical (unpaired) electrons. The molecule has 3 aromatic rings. The zero-order valence-electron chi connectivity index (χ0n) is 17.4. The lowest BCUT2D eigenvalue weighted by Crippen LogP contribution is -2.31. The van der Waals surface area contributed by atoms with Gasteiger partial charge in [-0.25, -0.2) is 0 Å². The van der Waals surface area contributed by atoms with Crippen LogP contribution in [0.4, 0.5) is 32.0 Å². The monoisotopic (exact) mass is 485 g/mol. The van der Waals surface area contributed by atoms with Crippen LogP contribution < -0.4 is 16.6 Å². The van der Waals surface area contributed by atoms with Crippen molar-refractivity contribution in [1.29, 1.82) is 0 Å². The van der Waals surface area contributed by atoms with Crippen LogP contribution in [-0.4, -0.2) is 16.4 Å². The summed E-state index contributed by atoms with van der Waals surface area (Å²) in [6.45, 7) is 1.42. The molecule has 6 nitrogen and oxygen atoms in total. The standard InChI is InChI=1S/C22H17F6N3O3/c1-11(19(29)33)31-8-7-14-15(20(31)34)3-2-4-17(14)30-18(32)9-12-5-6-13(21(23,24)25)10-16(12)22(26,27)28/h2-8,10-11H,9H2,1H3,(H2,29,33)(H,30,32)/t11-/m1/s1. The summed E-state index contributed by atoms with van der Waals surface area (Å²) in [6.07, 6.45) is -9.67. The molecule has 2 amide bonds. The highest BCUT2D eigenvalue weighted by Gasteiger charge is 2.38. The molecule has 1 aromatic heterocycles. The molecular weight excluding hydrogens is 468 g/mol. The van der Waals surface area contributed by atoms with Gasteiger partial charge in [-0.05, 0) is 42.8 Å². The van der Waals surface area contributed by atoms with Crippen molar-refractivity contribution < 1.29 is 35.9 Å². The van der Waals surface area contributed by atoms with Gasteiger partial charge in [-0.15, -0.1) is 0 Å². The van der Waals surface area contributed by atoms with Crippen LogP contribution in [0.15, 0.2) is 53.5 Å². The molecular formula is C22H17F6N3O3. The third-order valence-corrected chi connectivity index (χ3v) is 5.17. The number of anilines is 1. The van der Waals surface area contributed by atoms with Gasteiger partial charge in [-0.2, -0.15) is 26.3 Å². The van der Waals surface area contributed by atoms with Crippen molar-refractivity contribution in [3.8, 4) is 0 Å². The van der Waals surface area contributed by atoms with E-state index in [9.17, 15) is 40.7 Å². The fourth-order valence-corrected chi connectivity index (χ4v) is 3.38. The van der Waals surface area contributed by atoms with Crippen molar-refractivity contribution in [2.75, 3.05) is 5.32 Å². The number of primary amides is 1. The van der Waals surface area contributed by atoms with Gasteiger partial charge >= 0.3 is 12.4 Å². The van der Waals surface area contributed by atoms with Crippen molar-refractivity contribution in [2.45, 2.75) is 31.7 Å². The van der Waals surface area contributed by atoms with Crippen LogP contribution >= 0.6 is 0 Å². The summed E-state index contributed by atoms with van der Waals surface area (Å²) in [5.41, 5.74) is 1.04. The quantitative estimate of drug-likeness (QED) is 0.529. The van der Waals surface area contributed by atoms with E-state index in [-0.39, 0.29) is 22.5 Å². The largest absolute Gasteiger partial charge is 0.416 e. The predicted octanol–water partition coefficient (Wildman–Crippen LogP) is 4.27. The number of nitrogens with one attached hydrogen (secondary N) is 1. The third-order valence-electron chi connectivity index (χ3n) is 5.17. The number of fused-ring (bicyclic) bond motifs is 1. The first-order valence-electron chi connectivity index (χ1n) is 9.70. The third kappa shape index (κ3) is 5.05. The van der Waals surface area contributed by atoms with Crippen molar-refractivity contribution in [3.05, 3.63) is 75.7 Å². The van der Waals surface area contributed by atoms with Crippen LogP contribution in [0.1, 0.15) is 29.7 Å². The molecule has 0 spiro atoms. The number of nitrogens with zero attached hydrogens (tertiary/aromatic N) is 1. The molecule has 0 unspecified atom stereocenters. The fraction of sp³-hybridized carbons (Fsp3) is 0.227. The Bertz CT molecular complexity index is 1330. The summed E-state index contributed by atoms with van der Waals surface area (Å²) < 4.78 is 79.6. The minimum absolute atomic E-state index is 0.0388. The van der Waals surface area contributed by atoms with Crippen LogP contribution in [0.25, 0.3) is 10.8 Å². The molecule has 180 valence electrons. The zero-order valence-corrected chi connectivity index (χ0v) is 17.4. The van der Waals surface area contributed by atoms with Crippen molar-refractivity contribution in [3.63, 3.8) is 0 Å². The van der Waals surface area contributed by atoms with Gasteiger partial charge in [0.05, 0.1) is 17.5 Å². The summed E-state index contributed by atoms with van der Waals surface area (Å²) in [7, 11) is 0. The first kappa shape index (κ1) is 24.8. The molecule has 3 N–H and O–H groups in total. The smallest absolute Gasteiger partial charge is 0.368 e. The number of pyridine rings is 1. The SMILES string of the molecule is C[C@H](C(N)=O)n1ccc2c(NC(=O)Cc3ccc(C(F)(F)F)cc3C(F)(F)F)cccc2c1=O. The number of carbonyl (C=O) groups is 2. The molecule has 3 rings (SSSR count). The van der Waals surface area contributed by atoms with E-state index >= 15 is 0 Å². The van der Waals surface area contributed by atoms with Gasteiger partial charge in [0.2, 0.25) is 11.8 Å². The number of halogens is 6. The Morgan fingerprint density at radius 3 is 2.26 bits per heavy atom. The molecule has 1 heterocycles. The molecule has 0 saturated heterocycles. The number of hydrogen-bond acceptors (Lipinski definition) is 3. The molecule has 0 saturated carbocycles. The average molecular weight is 485 g/mol. The van der Waals surface area contributed by atoms with Gasteiger partial charge in [0.1, 0.15) is 6.04 Å². The first-order valence-corrected chi connectivity index (χ1v) is 9.70. The van der Waals surface area contributed by atoms with Gasteiger partial charge in [-0.1, -0.05) is 12.1 Å². The van der Waals surface area contributed by atoms with Crippen LogP contribution in [0.2, 0.25) is 0 Å². The Morgan fingerprint density at radius 1 is 1.00 bits per heavy atom. The maximum absolute atomic E-state index is 13.3. The van der Waals surface area contributed by atoms with E-state index in [4.69, 9.17) is 5.73 Å². The molecule has 0 fully saturated rings. The Balaban J connectivity index is 1.94. The Kier molecular flexibility index (Phi) is 6.45. The molecule has 0 aliphatic carbocycles. The highest BCUT2D eigenvalue weighted by molar-refractivity contribution is 6.02. The van der Waals surface area contributed by atoms with E-state index in [1.54, 1.807) is 0 Å². The molecule has 12 heteroatoms. The van der Waals surface area contributed by atoms with Gasteiger partial charge in [-0.3, -0.25) is 14.4 Å². The molecule has 1 atom stereocenters. The van der Waals surface area contributed by atoms with E-state index in [0.29, 0.717) is 12.1 Å². The normalized spacial score (nSPS) is 13.0. The maximum Gasteiger partial charge on any atom is 0.416 e. The minimum atomic E-state index is -5.11. The summed E-state index contributed by atoms with van der Waals surface area (Å²) >= 11 is 0. The summed E-state index contributed by atoms with van der Waals surface area (Å²) in [5, 5.41) is 2.74. The number of alkyl halides is 6. The van der Waals surface area contributed by atoms with E-state index in [2.05, 4.69) is 5.32 Å². The number of benzene rings is 2. The van der Waals surface area contributed by atoms with E-state index in [1.165, 1.54) is 37.4 Å². The second-order valence-corrected chi connectivity index (χ2v) is 7.47. The average Bonchev–Trinajstić information content (AvgIpc) is 2.72. The second kappa shape index (κ2) is 8.84. The summed E-state index contributed by atoms with van der Waals surface area (Å²) in [6, 6.07) is 5.76. The van der Waals surface area contributed by atoms with E-state index in [1.807, 2.05) is 0 Å². The highest BCUT2D eigenvalue weighted by atomic mass is 19.4. The zero-order chi connectivity index (χ0) is 25.4. The van der Waals surface area contributed by atoms with Crippen LogP contribution in [0.5, 0.6) is 0 Å². The Morgan fingerprint density at radius 2 is 1.68 bits per heavy atom. The Hall–Kier alpha value is -3.83. The fourth-order valence-electron chi connectivity index (χ4n) is 3.38. The van der Waals surface area contributed by atoms with Crippen LogP contribution in [0.3, 0.4) is 0 Å². The Labute approximate surface area is 188 Å². The molecule has 2 aromatic carbocycles. The summed E-state index contributed by atoms with van der Waals surface area (Å²) in [5.74, 6) is -1.68. The molecule has 0 bridgehead atoms. The molecule has 0 aliphatic rings. The maximum atomic E-state index is 13.3. The minimum Gasteiger partial charge on any atom is -0.368 e. The lowest BCUT2D eigenvalue weighted by atomic mass is 10.00. The number of aromatic nitrogens is 1. The van der Waals surface area contributed by atoms with Gasteiger partial charge in [0.15, 0.2) is 0 Å². The van der Waals surface area contributed by atoms with E-state index < -0.39 is 58.9 Å². The van der Waals surface area contributed by atoms with Crippen LogP contribution in [0, 0.1) is 0 Å². The topological polar surface area (TPSA) is 94.2 Å². The van der Waals surface area contributed by atoms with E-state index in [0.717, 1.165) is 4.57 Å². The first-order chi connectivity index (χ1) is 15.7.